The average molecular weight is 381 g/mol. The van der Waals surface area contributed by atoms with E-state index in [9.17, 15) is 4.79 Å². The standard InChI is InChI=1S/C20H40N6O/c1-4-21-20(22-9-7-12-25-11-6-5-8-18(25)2)23-10-13-24-14-16-26(17-15-24)19(3)27/h18H,4-17H2,1-3H3,(H2,21,22,23). The highest BCUT2D eigenvalue weighted by Gasteiger charge is 2.18. The van der Waals surface area contributed by atoms with E-state index in [1.54, 1.807) is 6.92 Å². The number of amides is 1. The van der Waals surface area contributed by atoms with Gasteiger partial charge in [-0.15, -0.1) is 0 Å². The van der Waals surface area contributed by atoms with Crippen molar-refractivity contribution in [1.29, 1.82) is 0 Å². The predicted molar refractivity (Wildman–Crippen MR) is 112 cm³/mol. The number of rotatable bonds is 8. The first-order valence-electron chi connectivity index (χ1n) is 10.8. The molecule has 0 aromatic rings. The van der Waals surface area contributed by atoms with Crippen LogP contribution in [-0.4, -0.2) is 98.1 Å². The smallest absolute Gasteiger partial charge is 0.219 e. The first-order valence-corrected chi connectivity index (χ1v) is 10.8. The molecule has 0 aliphatic carbocycles. The van der Waals surface area contributed by atoms with Crippen LogP contribution in [0.2, 0.25) is 0 Å². The summed E-state index contributed by atoms with van der Waals surface area (Å²) in [6, 6.07) is 0.734. The van der Waals surface area contributed by atoms with Gasteiger partial charge in [-0.25, -0.2) is 0 Å². The fraction of sp³-hybridized carbons (Fsp3) is 0.900. The molecule has 2 rings (SSSR count). The second-order valence-corrected chi connectivity index (χ2v) is 7.77. The molecule has 0 spiro atoms. The maximum Gasteiger partial charge on any atom is 0.219 e. The second-order valence-electron chi connectivity index (χ2n) is 7.77. The maximum atomic E-state index is 11.4. The fourth-order valence-electron chi connectivity index (χ4n) is 3.91. The highest BCUT2D eigenvalue weighted by Crippen LogP contribution is 2.16. The van der Waals surface area contributed by atoms with Gasteiger partial charge in [-0.2, -0.15) is 0 Å². The molecule has 2 N–H and O–H groups in total. The second kappa shape index (κ2) is 12.2. The van der Waals surface area contributed by atoms with E-state index in [1.165, 1.54) is 25.8 Å². The van der Waals surface area contributed by atoms with E-state index in [1.807, 2.05) is 4.90 Å². The van der Waals surface area contributed by atoms with Crippen molar-refractivity contribution in [1.82, 2.24) is 25.3 Å². The van der Waals surface area contributed by atoms with Gasteiger partial charge < -0.3 is 20.4 Å². The van der Waals surface area contributed by atoms with Crippen LogP contribution in [0.25, 0.3) is 0 Å². The molecule has 27 heavy (non-hydrogen) atoms. The molecule has 0 bridgehead atoms. The molecule has 2 heterocycles. The summed E-state index contributed by atoms with van der Waals surface area (Å²) in [5, 5.41) is 6.80. The quantitative estimate of drug-likeness (QED) is 0.373. The van der Waals surface area contributed by atoms with Gasteiger partial charge in [-0.1, -0.05) is 6.42 Å². The number of hydrogen-bond acceptors (Lipinski definition) is 4. The molecule has 2 fully saturated rings. The molecule has 7 nitrogen and oxygen atoms in total. The Morgan fingerprint density at radius 3 is 2.52 bits per heavy atom. The van der Waals surface area contributed by atoms with Crippen LogP contribution in [0, 0.1) is 0 Å². The van der Waals surface area contributed by atoms with Gasteiger partial charge in [0.1, 0.15) is 0 Å². The monoisotopic (exact) mass is 380 g/mol. The Hall–Kier alpha value is -1.34. The zero-order valence-electron chi connectivity index (χ0n) is 17.7. The van der Waals surface area contributed by atoms with Crippen molar-refractivity contribution in [3.05, 3.63) is 0 Å². The summed E-state index contributed by atoms with van der Waals surface area (Å²) < 4.78 is 0. The Kier molecular flexibility index (Phi) is 9.91. The van der Waals surface area contributed by atoms with E-state index in [0.717, 1.165) is 77.3 Å². The van der Waals surface area contributed by atoms with E-state index in [0.29, 0.717) is 0 Å². The molecule has 0 radical (unpaired) electrons. The molecule has 1 unspecified atom stereocenters. The van der Waals surface area contributed by atoms with E-state index >= 15 is 0 Å². The molecule has 2 saturated heterocycles. The summed E-state index contributed by atoms with van der Waals surface area (Å²) in [6.07, 6.45) is 5.19. The van der Waals surface area contributed by atoms with Crippen molar-refractivity contribution < 1.29 is 4.79 Å². The van der Waals surface area contributed by atoms with Gasteiger partial charge >= 0.3 is 0 Å². The largest absolute Gasteiger partial charge is 0.357 e. The van der Waals surface area contributed by atoms with Gasteiger partial charge in [0.2, 0.25) is 5.91 Å². The highest BCUT2D eigenvalue weighted by molar-refractivity contribution is 5.79. The van der Waals surface area contributed by atoms with Gasteiger partial charge in [0.05, 0.1) is 0 Å². The van der Waals surface area contributed by atoms with Gasteiger partial charge in [-0.05, 0) is 39.7 Å². The van der Waals surface area contributed by atoms with E-state index in [2.05, 4.69) is 34.3 Å². The summed E-state index contributed by atoms with van der Waals surface area (Å²) in [6.45, 7) is 15.8. The van der Waals surface area contributed by atoms with Gasteiger partial charge in [0.25, 0.3) is 0 Å². The minimum absolute atomic E-state index is 0.188. The number of aliphatic imine (C=N–C) groups is 1. The van der Waals surface area contributed by atoms with Crippen LogP contribution in [0.5, 0.6) is 0 Å². The zero-order chi connectivity index (χ0) is 19.5. The highest BCUT2D eigenvalue weighted by atomic mass is 16.2. The molecular formula is C20H40N6O. The molecule has 1 atom stereocenters. The summed E-state index contributed by atoms with van der Waals surface area (Å²) in [5.74, 6) is 1.11. The fourth-order valence-corrected chi connectivity index (χ4v) is 3.91. The number of hydrogen-bond donors (Lipinski definition) is 2. The molecule has 0 aromatic carbocycles. The SMILES string of the molecule is CCNC(=NCCCN1CCCCC1C)NCCN1CCN(C(C)=O)CC1. The van der Waals surface area contributed by atoms with Crippen molar-refractivity contribution in [2.75, 3.05) is 65.4 Å². The molecule has 7 heteroatoms. The number of carbonyl (C=O) groups excluding carboxylic acids is 1. The van der Waals surface area contributed by atoms with E-state index in [4.69, 9.17) is 4.99 Å². The van der Waals surface area contributed by atoms with Crippen LogP contribution >= 0.6 is 0 Å². The minimum Gasteiger partial charge on any atom is -0.357 e. The van der Waals surface area contributed by atoms with Crippen molar-refractivity contribution >= 4 is 11.9 Å². The summed E-state index contributed by atoms with van der Waals surface area (Å²) in [4.78, 5) is 23.1. The molecular weight excluding hydrogens is 340 g/mol. The third kappa shape index (κ3) is 8.05. The topological polar surface area (TPSA) is 63.2 Å². The average Bonchev–Trinajstić information content (AvgIpc) is 2.67. The van der Waals surface area contributed by atoms with Gasteiger partial charge in [0.15, 0.2) is 5.96 Å². The third-order valence-electron chi connectivity index (χ3n) is 5.70. The number of nitrogens with zero attached hydrogens (tertiary/aromatic N) is 4. The summed E-state index contributed by atoms with van der Waals surface area (Å²) in [7, 11) is 0. The molecule has 0 saturated carbocycles. The minimum atomic E-state index is 0.188. The molecule has 2 aliphatic rings. The molecule has 2 aliphatic heterocycles. The lowest BCUT2D eigenvalue weighted by molar-refractivity contribution is -0.130. The Labute approximate surface area is 165 Å². The number of guanidine groups is 1. The molecule has 0 aromatic heterocycles. The Morgan fingerprint density at radius 2 is 1.85 bits per heavy atom. The number of nitrogens with one attached hydrogen (secondary N) is 2. The van der Waals surface area contributed by atoms with E-state index < -0.39 is 0 Å². The van der Waals surface area contributed by atoms with E-state index in [-0.39, 0.29) is 5.91 Å². The number of carbonyl (C=O) groups is 1. The Balaban J connectivity index is 1.62. The molecule has 1 amide bonds. The van der Waals surface area contributed by atoms with Crippen LogP contribution in [0.4, 0.5) is 0 Å². The Morgan fingerprint density at radius 1 is 1.07 bits per heavy atom. The van der Waals surface area contributed by atoms with Crippen molar-refractivity contribution in [2.24, 2.45) is 4.99 Å². The maximum absolute atomic E-state index is 11.4. The van der Waals surface area contributed by atoms with Crippen molar-refractivity contribution in [3.8, 4) is 0 Å². The van der Waals surface area contributed by atoms with Gasteiger partial charge in [-0.3, -0.25) is 14.7 Å². The third-order valence-corrected chi connectivity index (χ3v) is 5.70. The number of likely N-dealkylation sites (tertiary alicyclic amines) is 1. The van der Waals surface area contributed by atoms with Crippen LogP contribution in [0.3, 0.4) is 0 Å². The van der Waals surface area contributed by atoms with Crippen LogP contribution < -0.4 is 10.6 Å². The molecule has 156 valence electrons. The van der Waals surface area contributed by atoms with Gasteiger partial charge in [0, 0.05) is 71.9 Å². The number of piperazine rings is 1. The first kappa shape index (κ1) is 22.0. The van der Waals surface area contributed by atoms with Crippen molar-refractivity contribution in [3.63, 3.8) is 0 Å². The lowest BCUT2D eigenvalue weighted by Gasteiger charge is -2.34. The number of piperidine rings is 1. The first-order chi connectivity index (χ1) is 13.1. The van der Waals surface area contributed by atoms with Crippen LogP contribution in [0.1, 0.15) is 46.5 Å². The predicted octanol–water partition coefficient (Wildman–Crippen LogP) is 0.970. The van der Waals surface area contributed by atoms with Crippen LogP contribution in [-0.2, 0) is 4.79 Å². The Bertz CT molecular complexity index is 461. The van der Waals surface area contributed by atoms with Crippen molar-refractivity contribution in [2.45, 2.75) is 52.5 Å². The summed E-state index contributed by atoms with van der Waals surface area (Å²) >= 11 is 0. The normalized spacial score (nSPS) is 22.7. The lowest BCUT2D eigenvalue weighted by atomic mass is 10.0. The summed E-state index contributed by atoms with van der Waals surface area (Å²) in [5.41, 5.74) is 0. The van der Waals surface area contributed by atoms with Crippen LogP contribution in [0.15, 0.2) is 4.99 Å². The lowest BCUT2D eigenvalue weighted by Crippen LogP contribution is -2.50. The zero-order valence-corrected chi connectivity index (χ0v) is 17.7.